The summed E-state index contributed by atoms with van der Waals surface area (Å²) in [5.74, 6) is 1.18. The van der Waals surface area contributed by atoms with E-state index in [1.165, 1.54) is 6.07 Å². The topological polar surface area (TPSA) is 58.9 Å². The van der Waals surface area contributed by atoms with Crippen molar-refractivity contribution in [1.82, 2.24) is 0 Å². The highest BCUT2D eigenvalue weighted by Crippen LogP contribution is 2.48. The molecule has 0 atom stereocenters. The van der Waals surface area contributed by atoms with Crippen molar-refractivity contribution in [2.45, 2.75) is 0 Å². The lowest BCUT2D eigenvalue weighted by atomic mass is 10.0. The van der Waals surface area contributed by atoms with Crippen molar-refractivity contribution in [1.29, 1.82) is 0 Å². The van der Waals surface area contributed by atoms with Crippen LogP contribution >= 0.6 is 0 Å². The van der Waals surface area contributed by atoms with Crippen LogP contribution in [0.15, 0.2) is 36.4 Å². The highest BCUT2D eigenvalue weighted by atomic mass is 16.7. The maximum atomic E-state index is 9.91. The number of rotatable bonds is 1. The van der Waals surface area contributed by atoms with Gasteiger partial charge in [0, 0.05) is 5.56 Å². The number of para-hydroxylation sites is 1. The summed E-state index contributed by atoms with van der Waals surface area (Å²) >= 11 is 0. The predicted molar refractivity (Wildman–Crippen MR) is 61.3 cm³/mol. The molecule has 3 rings (SSSR count). The van der Waals surface area contributed by atoms with Gasteiger partial charge in [-0.1, -0.05) is 18.2 Å². The molecule has 0 aromatic heterocycles. The molecule has 0 saturated carbocycles. The van der Waals surface area contributed by atoms with Gasteiger partial charge >= 0.3 is 0 Å². The van der Waals surface area contributed by atoms with Gasteiger partial charge < -0.3 is 19.7 Å². The number of ether oxygens (including phenoxy) is 2. The Morgan fingerprint density at radius 2 is 1.71 bits per heavy atom. The molecule has 0 spiro atoms. The fraction of sp³-hybridized carbons (Fsp3) is 0.0769. The Morgan fingerprint density at radius 1 is 0.882 bits per heavy atom. The second kappa shape index (κ2) is 3.59. The Kier molecular flexibility index (Phi) is 2.08. The van der Waals surface area contributed by atoms with Crippen LogP contribution in [0.5, 0.6) is 23.0 Å². The smallest absolute Gasteiger partial charge is 0.231 e. The lowest BCUT2D eigenvalue weighted by Crippen LogP contribution is -1.93. The highest BCUT2D eigenvalue weighted by molar-refractivity contribution is 5.83. The minimum atomic E-state index is 0.0516. The molecular formula is C13H10O4. The molecule has 4 nitrogen and oxygen atoms in total. The van der Waals surface area contributed by atoms with Gasteiger partial charge in [0.05, 0.1) is 5.56 Å². The van der Waals surface area contributed by atoms with Crippen LogP contribution in [-0.4, -0.2) is 17.0 Å². The summed E-state index contributed by atoms with van der Waals surface area (Å²) in [5.41, 5.74) is 0.977. The quantitative estimate of drug-likeness (QED) is 0.790. The molecule has 0 saturated heterocycles. The van der Waals surface area contributed by atoms with Crippen molar-refractivity contribution in [3.8, 4) is 34.1 Å². The fourth-order valence-corrected chi connectivity index (χ4v) is 1.91. The van der Waals surface area contributed by atoms with Gasteiger partial charge in [0.2, 0.25) is 6.79 Å². The van der Waals surface area contributed by atoms with E-state index in [0.29, 0.717) is 22.6 Å². The number of phenols is 2. The van der Waals surface area contributed by atoms with Gasteiger partial charge in [0.1, 0.15) is 11.5 Å². The van der Waals surface area contributed by atoms with Crippen molar-refractivity contribution in [2.24, 2.45) is 0 Å². The van der Waals surface area contributed by atoms with Gasteiger partial charge in [-0.15, -0.1) is 0 Å². The number of hydrogen-bond acceptors (Lipinski definition) is 4. The predicted octanol–water partition coefficient (Wildman–Crippen LogP) is 2.49. The van der Waals surface area contributed by atoms with E-state index in [2.05, 4.69) is 0 Å². The van der Waals surface area contributed by atoms with Gasteiger partial charge in [-0.3, -0.25) is 0 Å². The molecule has 1 heterocycles. The molecule has 17 heavy (non-hydrogen) atoms. The standard InChI is InChI=1S/C13H10O4/c14-9-4-2-1-3-8(9)12-10(15)5-6-11-13(12)17-7-16-11/h1-6,14-15H,7H2. The average molecular weight is 230 g/mol. The normalized spacial score (nSPS) is 12.7. The molecule has 0 aliphatic carbocycles. The maximum absolute atomic E-state index is 9.91. The largest absolute Gasteiger partial charge is 0.507 e. The summed E-state index contributed by atoms with van der Waals surface area (Å²) in [7, 11) is 0. The van der Waals surface area contributed by atoms with Gasteiger partial charge in [-0.2, -0.15) is 0 Å². The zero-order valence-corrected chi connectivity index (χ0v) is 8.88. The van der Waals surface area contributed by atoms with Crippen molar-refractivity contribution >= 4 is 0 Å². The Labute approximate surface area is 97.7 Å². The lowest BCUT2D eigenvalue weighted by Gasteiger charge is -2.09. The first-order chi connectivity index (χ1) is 8.27. The van der Waals surface area contributed by atoms with Crippen LogP contribution in [0.1, 0.15) is 0 Å². The first-order valence-electron chi connectivity index (χ1n) is 5.17. The van der Waals surface area contributed by atoms with Crippen molar-refractivity contribution in [3.05, 3.63) is 36.4 Å². The summed E-state index contributed by atoms with van der Waals surface area (Å²) in [6.45, 7) is 0.124. The minimum Gasteiger partial charge on any atom is -0.507 e. The first-order valence-corrected chi connectivity index (χ1v) is 5.17. The van der Waals surface area contributed by atoms with Crippen molar-refractivity contribution in [2.75, 3.05) is 6.79 Å². The maximum Gasteiger partial charge on any atom is 0.231 e. The number of fused-ring (bicyclic) bond motifs is 1. The lowest BCUT2D eigenvalue weighted by molar-refractivity contribution is 0.174. The van der Waals surface area contributed by atoms with Crippen LogP contribution in [0.25, 0.3) is 11.1 Å². The zero-order valence-electron chi connectivity index (χ0n) is 8.88. The Hall–Kier alpha value is -2.36. The van der Waals surface area contributed by atoms with Gasteiger partial charge in [0.15, 0.2) is 11.5 Å². The summed E-state index contributed by atoms with van der Waals surface area (Å²) in [4.78, 5) is 0. The molecule has 2 N–H and O–H groups in total. The first kappa shape index (κ1) is 9.84. The van der Waals surface area contributed by atoms with Crippen molar-refractivity contribution in [3.63, 3.8) is 0 Å². The third kappa shape index (κ3) is 1.45. The zero-order chi connectivity index (χ0) is 11.8. The van der Waals surface area contributed by atoms with Crippen LogP contribution in [-0.2, 0) is 0 Å². The molecule has 4 heteroatoms. The SMILES string of the molecule is Oc1ccccc1-c1c(O)ccc2c1OCO2. The number of aromatic hydroxyl groups is 2. The van der Waals surface area contributed by atoms with Crippen LogP contribution in [0.4, 0.5) is 0 Å². The van der Waals surface area contributed by atoms with E-state index in [9.17, 15) is 10.2 Å². The molecule has 86 valence electrons. The monoisotopic (exact) mass is 230 g/mol. The molecule has 2 aromatic carbocycles. The van der Waals surface area contributed by atoms with E-state index in [4.69, 9.17) is 9.47 Å². The third-order valence-corrected chi connectivity index (χ3v) is 2.69. The second-order valence-corrected chi connectivity index (χ2v) is 3.71. The molecule has 2 aromatic rings. The minimum absolute atomic E-state index is 0.0516. The van der Waals surface area contributed by atoms with E-state index in [0.717, 1.165) is 0 Å². The van der Waals surface area contributed by atoms with Crippen LogP contribution in [0.3, 0.4) is 0 Å². The van der Waals surface area contributed by atoms with E-state index >= 15 is 0 Å². The van der Waals surface area contributed by atoms with E-state index < -0.39 is 0 Å². The summed E-state index contributed by atoms with van der Waals surface area (Å²) in [5, 5.41) is 19.7. The van der Waals surface area contributed by atoms with Crippen LogP contribution in [0.2, 0.25) is 0 Å². The highest BCUT2D eigenvalue weighted by Gasteiger charge is 2.23. The van der Waals surface area contributed by atoms with Crippen LogP contribution in [0, 0.1) is 0 Å². The van der Waals surface area contributed by atoms with Crippen LogP contribution < -0.4 is 9.47 Å². The van der Waals surface area contributed by atoms with Gasteiger partial charge in [0.25, 0.3) is 0 Å². The number of hydrogen-bond donors (Lipinski definition) is 2. The number of benzene rings is 2. The second-order valence-electron chi connectivity index (χ2n) is 3.71. The molecular weight excluding hydrogens is 220 g/mol. The molecule has 0 amide bonds. The van der Waals surface area contributed by atoms with Crippen molar-refractivity contribution < 1.29 is 19.7 Å². The Bertz CT molecular complexity index is 578. The van der Waals surface area contributed by atoms with E-state index in [1.54, 1.807) is 30.3 Å². The average Bonchev–Trinajstić information content (AvgIpc) is 2.79. The number of phenolic OH excluding ortho intramolecular Hbond substituents is 2. The molecule has 0 fully saturated rings. The molecule has 0 unspecified atom stereocenters. The summed E-state index contributed by atoms with van der Waals surface area (Å²) < 4.78 is 10.6. The van der Waals surface area contributed by atoms with E-state index in [-0.39, 0.29) is 18.3 Å². The summed E-state index contributed by atoms with van der Waals surface area (Å²) in [6, 6.07) is 9.94. The molecule has 1 aliphatic rings. The Morgan fingerprint density at radius 3 is 2.53 bits per heavy atom. The van der Waals surface area contributed by atoms with E-state index in [1.807, 2.05) is 0 Å². The molecule has 0 radical (unpaired) electrons. The summed E-state index contributed by atoms with van der Waals surface area (Å²) in [6.07, 6.45) is 0. The van der Waals surface area contributed by atoms with Gasteiger partial charge in [-0.25, -0.2) is 0 Å². The fourth-order valence-electron chi connectivity index (χ4n) is 1.91. The molecule has 0 bridgehead atoms. The molecule has 1 aliphatic heterocycles. The Balaban J connectivity index is 2.28. The van der Waals surface area contributed by atoms with Gasteiger partial charge in [-0.05, 0) is 18.2 Å². The third-order valence-electron chi connectivity index (χ3n) is 2.69.